The van der Waals surface area contributed by atoms with E-state index in [1.807, 2.05) is 59.7 Å². The molecule has 0 aromatic carbocycles. The topological polar surface area (TPSA) is 107 Å². The maximum Gasteiger partial charge on any atom is 0.320 e. The first-order valence-electron chi connectivity index (χ1n) is 12.9. The number of pyridine rings is 2. The highest BCUT2D eigenvalue weighted by Crippen LogP contribution is 2.32. The van der Waals surface area contributed by atoms with E-state index < -0.39 is 6.10 Å². The first-order chi connectivity index (χ1) is 18.5. The normalized spacial score (nSPS) is 18.3. The number of nitrogens with zero attached hydrogens (tertiary/aromatic N) is 9. The fourth-order valence-corrected chi connectivity index (χ4v) is 5.30. The molecule has 0 bridgehead atoms. The van der Waals surface area contributed by atoms with E-state index in [0.717, 1.165) is 52.2 Å². The lowest BCUT2D eigenvalue weighted by Crippen LogP contribution is -2.52. The Morgan fingerprint density at radius 1 is 1.00 bits per heavy atom. The Hall–Kier alpha value is -4.25. The predicted molar refractivity (Wildman–Crippen MR) is 146 cm³/mol. The molecule has 6 heterocycles. The molecule has 0 aliphatic carbocycles. The summed E-state index contributed by atoms with van der Waals surface area (Å²) in [6, 6.07) is 6.31. The first kappa shape index (κ1) is 24.1. The van der Waals surface area contributed by atoms with Crippen LogP contribution in [0, 0.1) is 0 Å². The summed E-state index contributed by atoms with van der Waals surface area (Å²) in [5.74, 6) is 0.890. The van der Waals surface area contributed by atoms with Gasteiger partial charge in [0.05, 0.1) is 24.0 Å². The summed E-state index contributed by atoms with van der Waals surface area (Å²) in [6.45, 7) is 3.77. The van der Waals surface area contributed by atoms with E-state index in [0.29, 0.717) is 32.6 Å². The van der Waals surface area contributed by atoms with Gasteiger partial charge in [0.15, 0.2) is 0 Å². The van der Waals surface area contributed by atoms with Crippen LogP contribution in [-0.2, 0) is 7.05 Å². The number of aliphatic hydroxyl groups excluding tert-OH is 1. The number of likely N-dealkylation sites (tertiary alicyclic amines) is 1. The minimum atomic E-state index is -0.401. The van der Waals surface area contributed by atoms with E-state index >= 15 is 0 Å². The van der Waals surface area contributed by atoms with Gasteiger partial charge in [-0.2, -0.15) is 10.2 Å². The summed E-state index contributed by atoms with van der Waals surface area (Å²) < 4.78 is 3.67. The molecular formula is C27H31N9O2. The lowest BCUT2D eigenvalue weighted by Gasteiger charge is -2.37. The van der Waals surface area contributed by atoms with Crippen molar-refractivity contribution in [3.8, 4) is 22.3 Å². The number of aromatic nitrogens is 5. The van der Waals surface area contributed by atoms with Crippen molar-refractivity contribution in [2.75, 3.05) is 51.2 Å². The zero-order chi connectivity index (χ0) is 26.2. The van der Waals surface area contributed by atoms with Gasteiger partial charge in [-0.15, -0.1) is 0 Å². The van der Waals surface area contributed by atoms with E-state index in [1.165, 1.54) is 0 Å². The second kappa shape index (κ2) is 9.90. The van der Waals surface area contributed by atoms with Crippen molar-refractivity contribution in [2.24, 2.45) is 12.0 Å². The highest BCUT2D eigenvalue weighted by Gasteiger charge is 2.30. The van der Waals surface area contributed by atoms with Crippen LogP contribution >= 0.6 is 0 Å². The van der Waals surface area contributed by atoms with Gasteiger partial charge >= 0.3 is 6.03 Å². The van der Waals surface area contributed by atoms with Crippen LogP contribution in [0.15, 0.2) is 54.2 Å². The number of urea groups is 1. The average molecular weight is 514 g/mol. The van der Waals surface area contributed by atoms with Crippen LogP contribution in [0.1, 0.15) is 12.0 Å². The third-order valence-corrected chi connectivity index (χ3v) is 7.31. The third kappa shape index (κ3) is 4.49. The van der Waals surface area contributed by atoms with Gasteiger partial charge in [0.25, 0.3) is 0 Å². The molecule has 2 saturated heterocycles. The maximum absolute atomic E-state index is 12.8. The quantitative estimate of drug-likeness (QED) is 0.419. The number of rotatable bonds is 4. The van der Waals surface area contributed by atoms with Crippen molar-refractivity contribution in [1.29, 1.82) is 0 Å². The molecule has 2 aliphatic rings. The average Bonchev–Trinajstić information content (AvgIpc) is 3.68. The summed E-state index contributed by atoms with van der Waals surface area (Å²) in [7, 11) is 3.66. The number of hydrogen-bond acceptors (Lipinski definition) is 7. The number of amides is 2. The lowest BCUT2D eigenvalue weighted by atomic mass is 10.0. The minimum Gasteiger partial charge on any atom is -0.391 e. The number of aliphatic imine (C=N–C) groups is 1. The Morgan fingerprint density at radius 3 is 2.50 bits per heavy atom. The first-order valence-corrected chi connectivity index (χ1v) is 12.9. The predicted octanol–water partition coefficient (Wildman–Crippen LogP) is 2.15. The standard InChI is InChI=1S/C27H31N9O2/c1-28-12-21-14-31-36-17-20(22-15-30-32(2)16-22)11-24(26(21)36)19-3-4-25(29-13-19)33-7-9-34(10-8-33)27(38)35-6-5-23(37)18-35/h3-4,11-17,23,37H,5-10,18H2,1-2H3/t23-/m1/s1. The molecular weight excluding hydrogens is 482 g/mol. The van der Waals surface area contributed by atoms with Crippen molar-refractivity contribution < 1.29 is 9.90 Å². The van der Waals surface area contributed by atoms with Crippen LogP contribution in [0.5, 0.6) is 0 Å². The largest absolute Gasteiger partial charge is 0.391 e. The molecule has 4 aromatic rings. The Labute approximate surface area is 220 Å². The summed E-state index contributed by atoms with van der Waals surface area (Å²) in [5, 5.41) is 18.7. The fraction of sp³-hybridized carbons (Fsp3) is 0.370. The van der Waals surface area contributed by atoms with E-state index in [9.17, 15) is 9.90 Å². The number of carbonyl (C=O) groups is 1. The molecule has 196 valence electrons. The molecule has 2 aliphatic heterocycles. The second-order valence-electron chi connectivity index (χ2n) is 9.88. The van der Waals surface area contributed by atoms with Crippen LogP contribution in [0.2, 0.25) is 0 Å². The second-order valence-corrected chi connectivity index (χ2v) is 9.88. The molecule has 0 radical (unpaired) electrons. The van der Waals surface area contributed by atoms with Gasteiger partial charge in [-0.1, -0.05) is 0 Å². The molecule has 2 amide bonds. The molecule has 0 unspecified atom stereocenters. The van der Waals surface area contributed by atoms with Gasteiger partial charge in [-0.25, -0.2) is 14.3 Å². The van der Waals surface area contributed by atoms with Crippen LogP contribution < -0.4 is 4.90 Å². The maximum atomic E-state index is 12.8. The number of aryl methyl sites for hydroxylation is 1. The number of β-amino-alcohol motifs (C(OH)–C–C–N with tert-alkyl or cyclic N) is 1. The smallest absolute Gasteiger partial charge is 0.320 e. The molecule has 4 aromatic heterocycles. The number of anilines is 1. The van der Waals surface area contributed by atoms with Crippen molar-refractivity contribution in [3.63, 3.8) is 0 Å². The molecule has 1 N–H and O–H groups in total. The summed E-state index contributed by atoms with van der Waals surface area (Å²) in [5.41, 5.74) is 5.93. The fourth-order valence-electron chi connectivity index (χ4n) is 5.30. The van der Waals surface area contributed by atoms with E-state index in [2.05, 4.69) is 32.2 Å². The van der Waals surface area contributed by atoms with Crippen LogP contribution in [0.4, 0.5) is 10.6 Å². The highest BCUT2D eigenvalue weighted by atomic mass is 16.3. The summed E-state index contributed by atoms with van der Waals surface area (Å²) >= 11 is 0. The molecule has 1 atom stereocenters. The highest BCUT2D eigenvalue weighted by molar-refractivity contribution is 5.97. The van der Waals surface area contributed by atoms with E-state index in [-0.39, 0.29) is 6.03 Å². The number of carbonyl (C=O) groups excluding carboxylic acids is 1. The Kier molecular flexibility index (Phi) is 6.28. The monoisotopic (exact) mass is 513 g/mol. The molecule has 11 heteroatoms. The van der Waals surface area contributed by atoms with Crippen molar-refractivity contribution in [3.05, 3.63) is 54.7 Å². The third-order valence-electron chi connectivity index (χ3n) is 7.31. The van der Waals surface area contributed by atoms with Gasteiger partial charge in [0.2, 0.25) is 0 Å². The van der Waals surface area contributed by atoms with Crippen LogP contribution in [-0.4, -0.2) is 104 Å². The minimum absolute atomic E-state index is 0.0225. The zero-order valence-corrected chi connectivity index (χ0v) is 21.6. The van der Waals surface area contributed by atoms with Crippen molar-refractivity contribution >= 4 is 23.6 Å². The van der Waals surface area contributed by atoms with Gasteiger partial charge in [0.1, 0.15) is 5.82 Å². The van der Waals surface area contributed by atoms with Gasteiger partial charge < -0.3 is 19.8 Å². The number of piperazine rings is 1. The molecule has 0 spiro atoms. The number of aliphatic hydroxyl groups is 1. The van der Waals surface area contributed by atoms with Gasteiger partial charge in [0, 0.05) is 106 Å². The van der Waals surface area contributed by atoms with Crippen LogP contribution in [0.25, 0.3) is 27.8 Å². The summed E-state index contributed by atoms with van der Waals surface area (Å²) in [6.07, 6.45) is 11.6. The summed E-state index contributed by atoms with van der Waals surface area (Å²) in [4.78, 5) is 27.6. The van der Waals surface area contributed by atoms with Gasteiger partial charge in [-0.05, 0) is 24.6 Å². The molecule has 38 heavy (non-hydrogen) atoms. The van der Waals surface area contributed by atoms with E-state index in [1.54, 1.807) is 16.6 Å². The Morgan fingerprint density at radius 2 is 1.84 bits per heavy atom. The zero-order valence-electron chi connectivity index (χ0n) is 21.6. The Bertz CT molecular complexity index is 1480. The van der Waals surface area contributed by atoms with Crippen molar-refractivity contribution in [2.45, 2.75) is 12.5 Å². The SMILES string of the molecule is CN=Cc1cnn2cc(-c3cnn(C)c3)cc(-c3ccc(N4CCN(C(=O)N5CC[C@@H](O)C5)CC4)nc3)c12. The lowest BCUT2D eigenvalue weighted by molar-refractivity contribution is 0.144. The van der Waals surface area contributed by atoms with Gasteiger partial charge in [-0.3, -0.25) is 9.67 Å². The molecule has 6 rings (SSSR count). The van der Waals surface area contributed by atoms with Crippen LogP contribution in [0.3, 0.4) is 0 Å². The van der Waals surface area contributed by atoms with E-state index in [4.69, 9.17) is 4.98 Å². The molecule has 2 fully saturated rings. The Balaban J connectivity index is 1.24. The van der Waals surface area contributed by atoms with Crippen molar-refractivity contribution in [1.82, 2.24) is 34.2 Å². The number of hydrogen-bond donors (Lipinski definition) is 1. The number of fused-ring (bicyclic) bond motifs is 1. The molecule has 11 nitrogen and oxygen atoms in total. The molecule has 0 saturated carbocycles.